The van der Waals surface area contributed by atoms with Crippen LogP contribution in [0.2, 0.25) is 0 Å². The van der Waals surface area contributed by atoms with Gasteiger partial charge in [-0.05, 0) is 12.1 Å². The molecule has 0 bridgehead atoms. The van der Waals surface area contributed by atoms with Gasteiger partial charge in [-0.1, -0.05) is 12.1 Å². The molecule has 0 aliphatic rings. The first-order valence-corrected chi connectivity index (χ1v) is 6.71. The van der Waals surface area contributed by atoms with Gasteiger partial charge in [-0.25, -0.2) is 8.96 Å². The standard InChI is InChI=1S/C14H12FNO2S.ClH/c15-13-4-2-1-3-11(13)9-16-7-5-12(6-8-16)19-10-14(17)18;/h1-8H,9-10H2;1H. The van der Waals surface area contributed by atoms with Crippen LogP contribution in [0.5, 0.6) is 0 Å². The Morgan fingerprint density at radius 1 is 1.20 bits per heavy atom. The Balaban J connectivity index is 0.00000200. The van der Waals surface area contributed by atoms with E-state index in [0.29, 0.717) is 12.1 Å². The number of nitrogens with zero attached hydrogens (tertiary/aromatic N) is 1. The van der Waals surface area contributed by atoms with Gasteiger partial charge < -0.3 is 17.5 Å². The highest BCUT2D eigenvalue weighted by atomic mass is 35.5. The van der Waals surface area contributed by atoms with E-state index in [0.717, 1.165) is 4.90 Å². The van der Waals surface area contributed by atoms with E-state index in [-0.39, 0.29) is 24.0 Å². The van der Waals surface area contributed by atoms with Gasteiger partial charge in [0.1, 0.15) is 5.82 Å². The van der Waals surface area contributed by atoms with Crippen LogP contribution in [0.4, 0.5) is 4.39 Å². The number of carbonyl (C=O) groups is 1. The van der Waals surface area contributed by atoms with Gasteiger partial charge in [0.05, 0.1) is 11.3 Å². The largest absolute Gasteiger partial charge is 1.00 e. The molecule has 0 spiro atoms. The van der Waals surface area contributed by atoms with E-state index >= 15 is 0 Å². The lowest BCUT2D eigenvalue weighted by molar-refractivity contribution is -0.688. The summed E-state index contributed by atoms with van der Waals surface area (Å²) < 4.78 is 15.3. The fourth-order valence-corrected chi connectivity index (χ4v) is 2.22. The van der Waals surface area contributed by atoms with Crippen molar-refractivity contribution in [2.45, 2.75) is 11.4 Å². The number of carboxylic acids is 1. The smallest absolute Gasteiger partial charge is 0.313 e. The molecule has 0 saturated heterocycles. The van der Waals surface area contributed by atoms with E-state index in [1.165, 1.54) is 17.8 Å². The minimum Gasteiger partial charge on any atom is -1.00 e. The number of hydrogen-bond donors (Lipinski definition) is 1. The summed E-state index contributed by atoms with van der Waals surface area (Å²) in [5.41, 5.74) is 0.624. The molecule has 0 fully saturated rings. The molecule has 0 aliphatic heterocycles. The number of carboxylic acid groups (broad SMARTS) is 1. The molecule has 1 N–H and O–H groups in total. The Bertz CT molecular complexity index is 578. The second-order valence-electron chi connectivity index (χ2n) is 3.98. The quantitative estimate of drug-likeness (QED) is 0.589. The SMILES string of the molecule is O=C(O)CSc1cc[n+](Cc2ccccc2F)cc1.[Cl-]. The summed E-state index contributed by atoms with van der Waals surface area (Å²) in [7, 11) is 0. The summed E-state index contributed by atoms with van der Waals surface area (Å²) in [4.78, 5) is 11.3. The number of aliphatic carboxylic acids is 1. The molecule has 0 atom stereocenters. The Kier molecular flexibility index (Phi) is 6.48. The maximum atomic E-state index is 13.5. The second kappa shape index (κ2) is 7.87. The van der Waals surface area contributed by atoms with Crippen molar-refractivity contribution in [2.75, 3.05) is 5.75 Å². The maximum Gasteiger partial charge on any atom is 0.313 e. The molecule has 0 aliphatic carbocycles. The second-order valence-corrected chi connectivity index (χ2v) is 5.03. The van der Waals surface area contributed by atoms with Gasteiger partial charge in [0.25, 0.3) is 0 Å². The van der Waals surface area contributed by atoms with E-state index in [1.54, 1.807) is 18.2 Å². The van der Waals surface area contributed by atoms with Crippen molar-refractivity contribution in [3.05, 3.63) is 60.2 Å². The Labute approximate surface area is 126 Å². The van der Waals surface area contributed by atoms with Crippen LogP contribution in [0.1, 0.15) is 5.56 Å². The third-order valence-electron chi connectivity index (χ3n) is 2.53. The Hall–Kier alpha value is -1.59. The average molecular weight is 314 g/mol. The molecule has 6 heteroatoms. The zero-order chi connectivity index (χ0) is 13.7. The average Bonchev–Trinajstić information content (AvgIpc) is 2.40. The van der Waals surface area contributed by atoms with Crippen molar-refractivity contribution in [3.63, 3.8) is 0 Å². The molecule has 0 unspecified atom stereocenters. The first kappa shape index (κ1) is 16.5. The molecule has 1 aromatic heterocycles. The number of thioether (sulfide) groups is 1. The highest BCUT2D eigenvalue weighted by Crippen LogP contribution is 2.15. The zero-order valence-electron chi connectivity index (χ0n) is 10.5. The molecule has 1 heterocycles. The summed E-state index contributed by atoms with van der Waals surface area (Å²) in [5.74, 6) is -1.02. The van der Waals surface area contributed by atoms with Crippen molar-refractivity contribution in [1.29, 1.82) is 0 Å². The minimum absolute atomic E-state index is 0. The number of benzene rings is 1. The lowest BCUT2D eigenvalue weighted by Gasteiger charge is -2.01. The van der Waals surface area contributed by atoms with Gasteiger partial charge in [0.15, 0.2) is 18.9 Å². The molecular formula is C14H13ClFNO2S. The summed E-state index contributed by atoms with van der Waals surface area (Å²) in [5, 5.41) is 8.59. The van der Waals surface area contributed by atoms with E-state index in [4.69, 9.17) is 5.11 Å². The van der Waals surface area contributed by atoms with Crippen molar-refractivity contribution < 1.29 is 31.3 Å². The van der Waals surface area contributed by atoms with Crippen LogP contribution < -0.4 is 17.0 Å². The highest BCUT2D eigenvalue weighted by molar-refractivity contribution is 8.00. The van der Waals surface area contributed by atoms with E-state index in [1.807, 2.05) is 29.1 Å². The molecular weight excluding hydrogens is 301 g/mol. The van der Waals surface area contributed by atoms with Gasteiger partial charge in [-0.15, -0.1) is 11.8 Å². The summed E-state index contributed by atoms with van der Waals surface area (Å²) in [6, 6.07) is 10.3. The third kappa shape index (κ3) is 4.83. The first-order valence-electron chi connectivity index (χ1n) is 5.72. The van der Waals surface area contributed by atoms with Gasteiger partial charge in [-0.3, -0.25) is 4.79 Å². The van der Waals surface area contributed by atoms with Crippen LogP contribution in [0.25, 0.3) is 0 Å². The van der Waals surface area contributed by atoms with Crippen LogP contribution in [-0.4, -0.2) is 16.8 Å². The molecule has 2 rings (SSSR count). The lowest BCUT2D eigenvalue weighted by atomic mass is 10.2. The predicted octanol–water partition coefficient (Wildman–Crippen LogP) is -0.658. The Morgan fingerprint density at radius 3 is 2.45 bits per heavy atom. The molecule has 0 saturated carbocycles. The Morgan fingerprint density at radius 2 is 1.85 bits per heavy atom. The normalized spacial score (nSPS) is 9.85. The van der Waals surface area contributed by atoms with Crippen LogP contribution in [0.15, 0.2) is 53.7 Å². The topological polar surface area (TPSA) is 41.2 Å². The maximum absolute atomic E-state index is 13.5. The van der Waals surface area contributed by atoms with Crippen molar-refractivity contribution >= 4 is 17.7 Å². The summed E-state index contributed by atoms with van der Waals surface area (Å²) in [6.07, 6.45) is 3.63. The number of halogens is 2. The molecule has 0 radical (unpaired) electrons. The molecule has 0 amide bonds. The van der Waals surface area contributed by atoms with Crippen molar-refractivity contribution in [1.82, 2.24) is 0 Å². The van der Waals surface area contributed by atoms with Gasteiger partial charge in [-0.2, -0.15) is 0 Å². The third-order valence-corrected chi connectivity index (χ3v) is 3.53. The number of pyridine rings is 1. The number of hydrogen-bond acceptors (Lipinski definition) is 2. The molecule has 1 aromatic carbocycles. The van der Waals surface area contributed by atoms with Crippen molar-refractivity contribution in [2.24, 2.45) is 0 Å². The van der Waals surface area contributed by atoms with Crippen LogP contribution in [0, 0.1) is 5.82 Å². The van der Waals surface area contributed by atoms with Gasteiger partial charge >= 0.3 is 5.97 Å². The fraction of sp³-hybridized carbons (Fsp3) is 0.143. The molecule has 106 valence electrons. The predicted molar refractivity (Wildman–Crippen MR) is 70.5 cm³/mol. The molecule has 20 heavy (non-hydrogen) atoms. The number of aromatic nitrogens is 1. The van der Waals surface area contributed by atoms with Crippen LogP contribution >= 0.6 is 11.8 Å². The minimum atomic E-state index is -0.840. The highest BCUT2D eigenvalue weighted by Gasteiger charge is 2.08. The zero-order valence-corrected chi connectivity index (χ0v) is 12.1. The van der Waals surface area contributed by atoms with E-state index in [9.17, 15) is 9.18 Å². The van der Waals surface area contributed by atoms with E-state index in [2.05, 4.69) is 0 Å². The fourth-order valence-electron chi connectivity index (χ4n) is 1.61. The van der Waals surface area contributed by atoms with Gasteiger partial charge in [0, 0.05) is 17.0 Å². The summed E-state index contributed by atoms with van der Waals surface area (Å²) >= 11 is 1.26. The summed E-state index contributed by atoms with van der Waals surface area (Å²) in [6.45, 7) is 0.455. The molecule has 3 nitrogen and oxygen atoms in total. The van der Waals surface area contributed by atoms with Crippen LogP contribution in [0.3, 0.4) is 0 Å². The van der Waals surface area contributed by atoms with Crippen molar-refractivity contribution in [3.8, 4) is 0 Å². The van der Waals surface area contributed by atoms with E-state index < -0.39 is 5.97 Å². The van der Waals surface area contributed by atoms with Gasteiger partial charge in [0.2, 0.25) is 0 Å². The monoisotopic (exact) mass is 313 g/mol. The first-order chi connectivity index (χ1) is 9.15. The lowest BCUT2D eigenvalue weighted by Crippen LogP contribution is -3.00. The number of rotatable bonds is 5. The van der Waals surface area contributed by atoms with Crippen LogP contribution in [-0.2, 0) is 11.3 Å². The molecule has 2 aromatic rings.